The number of amides is 1. The SMILES string of the molecule is CC1CCC(CNC(=O)CC#N)CC1. The number of hydrogen-bond donors (Lipinski definition) is 1. The van der Waals surface area contributed by atoms with Crippen molar-refractivity contribution in [2.75, 3.05) is 6.54 Å². The van der Waals surface area contributed by atoms with Crippen LogP contribution < -0.4 is 5.32 Å². The van der Waals surface area contributed by atoms with E-state index in [-0.39, 0.29) is 12.3 Å². The first kappa shape index (κ1) is 11.0. The molecule has 0 aromatic heterocycles. The Labute approximate surface area is 85.5 Å². The van der Waals surface area contributed by atoms with Crippen LogP contribution in [0.3, 0.4) is 0 Å². The summed E-state index contributed by atoms with van der Waals surface area (Å²) >= 11 is 0. The second kappa shape index (κ2) is 5.64. The van der Waals surface area contributed by atoms with E-state index in [2.05, 4.69) is 12.2 Å². The molecule has 1 amide bonds. The topological polar surface area (TPSA) is 52.9 Å². The molecule has 1 fully saturated rings. The van der Waals surface area contributed by atoms with Crippen LogP contribution in [0.15, 0.2) is 0 Å². The summed E-state index contributed by atoms with van der Waals surface area (Å²) in [5.41, 5.74) is 0. The molecule has 0 atom stereocenters. The van der Waals surface area contributed by atoms with Gasteiger partial charge in [-0.1, -0.05) is 19.8 Å². The molecule has 0 heterocycles. The number of nitrogens with zero attached hydrogens (tertiary/aromatic N) is 1. The van der Waals surface area contributed by atoms with Crippen molar-refractivity contribution in [2.45, 2.75) is 39.0 Å². The minimum absolute atomic E-state index is 0.0108. The summed E-state index contributed by atoms with van der Waals surface area (Å²) in [5, 5.41) is 11.1. The molecule has 78 valence electrons. The lowest BCUT2D eigenvalue weighted by molar-refractivity contribution is -0.120. The van der Waals surface area contributed by atoms with E-state index in [9.17, 15) is 4.79 Å². The van der Waals surface area contributed by atoms with Gasteiger partial charge in [-0.05, 0) is 24.7 Å². The first-order valence-electron chi connectivity index (χ1n) is 5.36. The molecular weight excluding hydrogens is 176 g/mol. The van der Waals surface area contributed by atoms with Crippen LogP contribution in [0, 0.1) is 23.2 Å². The Balaban J connectivity index is 2.13. The van der Waals surface area contributed by atoms with Gasteiger partial charge in [0.15, 0.2) is 0 Å². The van der Waals surface area contributed by atoms with Crippen molar-refractivity contribution in [1.29, 1.82) is 5.26 Å². The molecule has 0 radical (unpaired) electrons. The maximum atomic E-state index is 11.0. The van der Waals surface area contributed by atoms with E-state index < -0.39 is 0 Å². The first-order chi connectivity index (χ1) is 6.72. The van der Waals surface area contributed by atoms with Crippen molar-refractivity contribution in [3.8, 4) is 6.07 Å². The Morgan fingerprint density at radius 2 is 2.07 bits per heavy atom. The van der Waals surface area contributed by atoms with Crippen molar-refractivity contribution < 1.29 is 4.79 Å². The van der Waals surface area contributed by atoms with E-state index in [1.54, 1.807) is 0 Å². The monoisotopic (exact) mass is 194 g/mol. The van der Waals surface area contributed by atoms with Gasteiger partial charge in [0.05, 0.1) is 6.07 Å². The number of rotatable bonds is 3. The first-order valence-corrected chi connectivity index (χ1v) is 5.36. The highest BCUT2D eigenvalue weighted by atomic mass is 16.1. The minimum Gasteiger partial charge on any atom is -0.355 e. The number of carbonyl (C=O) groups excluding carboxylic acids is 1. The van der Waals surface area contributed by atoms with Crippen LogP contribution in [0.2, 0.25) is 0 Å². The summed E-state index contributed by atoms with van der Waals surface area (Å²) in [5.74, 6) is 1.35. The molecule has 1 aliphatic carbocycles. The average Bonchev–Trinajstić information content (AvgIpc) is 2.17. The number of nitrogens with one attached hydrogen (secondary N) is 1. The summed E-state index contributed by atoms with van der Waals surface area (Å²) in [7, 11) is 0. The van der Waals surface area contributed by atoms with E-state index in [1.165, 1.54) is 25.7 Å². The van der Waals surface area contributed by atoms with Gasteiger partial charge in [0.1, 0.15) is 6.42 Å². The summed E-state index contributed by atoms with van der Waals surface area (Å²) in [4.78, 5) is 11.0. The predicted molar refractivity (Wildman–Crippen MR) is 54.4 cm³/mol. The standard InChI is InChI=1S/C11H18N2O/c1-9-2-4-10(5-3-9)8-13-11(14)6-7-12/h9-10H,2-6,8H2,1H3,(H,13,14). The molecule has 0 aromatic carbocycles. The normalized spacial score (nSPS) is 26.6. The third-order valence-corrected chi connectivity index (χ3v) is 2.96. The zero-order chi connectivity index (χ0) is 10.4. The third-order valence-electron chi connectivity index (χ3n) is 2.96. The number of hydrogen-bond acceptors (Lipinski definition) is 2. The lowest BCUT2D eigenvalue weighted by atomic mass is 9.83. The second-order valence-corrected chi connectivity index (χ2v) is 4.26. The summed E-state index contributed by atoms with van der Waals surface area (Å²) < 4.78 is 0. The quantitative estimate of drug-likeness (QED) is 0.745. The van der Waals surface area contributed by atoms with Crippen LogP contribution in [-0.2, 0) is 4.79 Å². The molecule has 14 heavy (non-hydrogen) atoms. The highest BCUT2D eigenvalue weighted by Gasteiger charge is 2.18. The number of nitriles is 1. The summed E-state index contributed by atoms with van der Waals surface area (Å²) in [6.07, 6.45) is 4.97. The highest BCUT2D eigenvalue weighted by Crippen LogP contribution is 2.27. The molecular formula is C11H18N2O. The average molecular weight is 194 g/mol. The largest absolute Gasteiger partial charge is 0.355 e. The molecule has 3 nitrogen and oxygen atoms in total. The van der Waals surface area contributed by atoms with Crippen LogP contribution in [0.5, 0.6) is 0 Å². The van der Waals surface area contributed by atoms with Gasteiger partial charge in [-0.2, -0.15) is 5.26 Å². The van der Waals surface area contributed by atoms with E-state index in [4.69, 9.17) is 5.26 Å². The molecule has 0 aliphatic heterocycles. The molecule has 0 bridgehead atoms. The Morgan fingerprint density at radius 1 is 1.43 bits per heavy atom. The Hall–Kier alpha value is -1.04. The third kappa shape index (κ3) is 3.78. The fourth-order valence-electron chi connectivity index (χ4n) is 1.93. The van der Waals surface area contributed by atoms with E-state index in [0.717, 1.165) is 12.5 Å². The van der Waals surface area contributed by atoms with E-state index in [0.29, 0.717) is 5.92 Å². The van der Waals surface area contributed by atoms with E-state index in [1.807, 2.05) is 6.07 Å². The minimum atomic E-state index is -0.133. The Bertz CT molecular complexity index is 224. The molecule has 1 N–H and O–H groups in total. The van der Waals surface area contributed by atoms with Gasteiger partial charge < -0.3 is 5.32 Å². The molecule has 0 spiro atoms. The highest BCUT2D eigenvalue weighted by molar-refractivity contribution is 5.77. The van der Waals surface area contributed by atoms with Crippen molar-refractivity contribution in [1.82, 2.24) is 5.32 Å². The molecule has 3 heteroatoms. The lowest BCUT2D eigenvalue weighted by Crippen LogP contribution is -2.30. The maximum Gasteiger partial charge on any atom is 0.234 e. The van der Waals surface area contributed by atoms with Gasteiger partial charge in [-0.3, -0.25) is 4.79 Å². The smallest absolute Gasteiger partial charge is 0.234 e. The zero-order valence-electron chi connectivity index (χ0n) is 8.75. The van der Waals surface area contributed by atoms with Gasteiger partial charge in [-0.15, -0.1) is 0 Å². The van der Waals surface area contributed by atoms with Gasteiger partial charge in [0.2, 0.25) is 5.91 Å². The van der Waals surface area contributed by atoms with Crippen LogP contribution in [0.1, 0.15) is 39.0 Å². The Kier molecular flexibility index (Phi) is 4.45. The van der Waals surface area contributed by atoms with Crippen molar-refractivity contribution >= 4 is 5.91 Å². The summed E-state index contributed by atoms with van der Waals surface area (Å²) in [6, 6.07) is 1.85. The maximum absolute atomic E-state index is 11.0. The van der Waals surface area contributed by atoms with Gasteiger partial charge >= 0.3 is 0 Å². The number of carbonyl (C=O) groups is 1. The van der Waals surface area contributed by atoms with Crippen molar-refractivity contribution in [3.05, 3.63) is 0 Å². The molecule has 0 saturated heterocycles. The fourth-order valence-corrected chi connectivity index (χ4v) is 1.93. The summed E-state index contributed by atoms with van der Waals surface area (Å²) in [6.45, 7) is 3.04. The van der Waals surface area contributed by atoms with Gasteiger partial charge in [0.25, 0.3) is 0 Å². The van der Waals surface area contributed by atoms with Crippen molar-refractivity contribution in [2.24, 2.45) is 11.8 Å². The second-order valence-electron chi connectivity index (χ2n) is 4.26. The lowest BCUT2D eigenvalue weighted by Gasteiger charge is -2.26. The zero-order valence-corrected chi connectivity index (χ0v) is 8.75. The molecule has 0 aromatic rings. The predicted octanol–water partition coefficient (Wildman–Crippen LogP) is 1.84. The Morgan fingerprint density at radius 3 is 2.64 bits per heavy atom. The van der Waals surface area contributed by atoms with Crippen LogP contribution in [0.25, 0.3) is 0 Å². The van der Waals surface area contributed by atoms with Gasteiger partial charge in [0, 0.05) is 6.54 Å². The van der Waals surface area contributed by atoms with Crippen molar-refractivity contribution in [3.63, 3.8) is 0 Å². The fraction of sp³-hybridized carbons (Fsp3) is 0.818. The van der Waals surface area contributed by atoms with Crippen LogP contribution in [-0.4, -0.2) is 12.5 Å². The molecule has 0 unspecified atom stereocenters. The molecule has 1 saturated carbocycles. The van der Waals surface area contributed by atoms with Gasteiger partial charge in [-0.25, -0.2) is 0 Å². The molecule has 1 aliphatic rings. The van der Waals surface area contributed by atoms with Crippen LogP contribution >= 0.6 is 0 Å². The van der Waals surface area contributed by atoms with Crippen LogP contribution in [0.4, 0.5) is 0 Å². The van der Waals surface area contributed by atoms with E-state index >= 15 is 0 Å². The molecule has 1 rings (SSSR count).